The lowest BCUT2D eigenvalue weighted by Crippen LogP contribution is -2.30. The van der Waals surface area contributed by atoms with Crippen molar-refractivity contribution in [1.82, 2.24) is 14.8 Å². The number of anilines is 1. The molecule has 0 aliphatic carbocycles. The molecule has 7 nitrogen and oxygen atoms in total. The largest absolute Gasteiger partial charge is 0.449 e. The van der Waals surface area contributed by atoms with E-state index in [-0.39, 0.29) is 0 Å². The Labute approximate surface area is 167 Å². The lowest BCUT2D eigenvalue weighted by atomic mass is 10.1. The van der Waals surface area contributed by atoms with Crippen LogP contribution < -0.4 is 5.32 Å². The van der Waals surface area contributed by atoms with Crippen LogP contribution in [-0.2, 0) is 9.53 Å². The first-order valence-electron chi connectivity index (χ1n) is 9.06. The molecule has 0 saturated carbocycles. The maximum atomic E-state index is 12.4. The van der Waals surface area contributed by atoms with Crippen LogP contribution in [0.4, 0.5) is 5.69 Å². The van der Waals surface area contributed by atoms with Gasteiger partial charge < -0.3 is 10.1 Å². The van der Waals surface area contributed by atoms with Crippen molar-refractivity contribution in [2.75, 3.05) is 5.32 Å². The Hall–Kier alpha value is -4.00. The smallest absolute Gasteiger partial charge is 0.338 e. The van der Waals surface area contributed by atoms with E-state index in [4.69, 9.17) is 4.74 Å². The molecule has 1 aromatic heterocycles. The Balaban J connectivity index is 1.39. The van der Waals surface area contributed by atoms with Gasteiger partial charge in [-0.25, -0.2) is 14.5 Å². The van der Waals surface area contributed by atoms with Gasteiger partial charge in [-0.1, -0.05) is 30.3 Å². The molecule has 1 N–H and O–H groups in total. The number of rotatable bonds is 5. The number of ether oxygens (including phenoxy) is 1. The second-order valence-corrected chi connectivity index (χ2v) is 6.49. The Morgan fingerprint density at radius 1 is 1.00 bits per heavy atom. The molecule has 4 rings (SSSR count). The molecule has 0 aliphatic rings. The third-order valence-electron chi connectivity index (χ3n) is 4.46. The standard InChI is InChI=1S/C22H18N4O3/c1-15(21(27)25-19-9-6-16-4-2-3-5-18(16)12-19)29-22(28)17-7-10-20(11-8-17)26-14-23-13-24-26/h2-15H,1H3,(H,25,27)/t15-/m1/s1. The average Bonchev–Trinajstić information content (AvgIpc) is 3.28. The van der Waals surface area contributed by atoms with Crippen molar-refractivity contribution in [2.45, 2.75) is 13.0 Å². The number of aromatic nitrogens is 3. The summed E-state index contributed by atoms with van der Waals surface area (Å²) in [4.78, 5) is 28.6. The molecule has 0 bridgehead atoms. The lowest BCUT2D eigenvalue weighted by molar-refractivity contribution is -0.123. The van der Waals surface area contributed by atoms with E-state index in [0.717, 1.165) is 16.5 Å². The predicted octanol–water partition coefficient (Wildman–Crippen LogP) is 3.60. The van der Waals surface area contributed by atoms with E-state index in [1.165, 1.54) is 13.3 Å². The molecule has 4 aromatic rings. The van der Waals surface area contributed by atoms with Crippen molar-refractivity contribution < 1.29 is 14.3 Å². The Morgan fingerprint density at radius 2 is 1.76 bits per heavy atom. The minimum Gasteiger partial charge on any atom is -0.449 e. The van der Waals surface area contributed by atoms with Crippen molar-refractivity contribution in [2.24, 2.45) is 0 Å². The van der Waals surface area contributed by atoms with Crippen LogP contribution >= 0.6 is 0 Å². The molecule has 0 spiro atoms. The molecule has 7 heteroatoms. The third kappa shape index (κ3) is 4.14. The summed E-state index contributed by atoms with van der Waals surface area (Å²) in [6.45, 7) is 1.54. The third-order valence-corrected chi connectivity index (χ3v) is 4.46. The van der Waals surface area contributed by atoms with Crippen LogP contribution in [0.25, 0.3) is 16.5 Å². The zero-order valence-electron chi connectivity index (χ0n) is 15.6. The van der Waals surface area contributed by atoms with E-state index in [9.17, 15) is 9.59 Å². The Morgan fingerprint density at radius 3 is 2.48 bits per heavy atom. The molecular weight excluding hydrogens is 368 g/mol. The van der Waals surface area contributed by atoms with Crippen molar-refractivity contribution in [3.63, 3.8) is 0 Å². The molecule has 0 saturated heterocycles. The van der Waals surface area contributed by atoms with Gasteiger partial charge in [-0.2, -0.15) is 5.10 Å². The molecule has 0 unspecified atom stereocenters. The fraction of sp³-hybridized carbons (Fsp3) is 0.0909. The van der Waals surface area contributed by atoms with Crippen LogP contribution in [0, 0.1) is 0 Å². The number of nitrogens with zero attached hydrogens (tertiary/aromatic N) is 3. The summed E-state index contributed by atoms with van der Waals surface area (Å²) in [5, 5.41) is 8.91. The zero-order chi connectivity index (χ0) is 20.2. The maximum absolute atomic E-state index is 12.4. The van der Waals surface area contributed by atoms with Gasteiger partial charge >= 0.3 is 5.97 Å². The number of nitrogens with one attached hydrogen (secondary N) is 1. The van der Waals surface area contributed by atoms with E-state index in [1.54, 1.807) is 35.3 Å². The van der Waals surface area contributed by atoms with Gasteiger partial charge in [0.15, 0.2) is 6.10 Å². The minimum atomic E-state index is -0.941. The molecule has 0 aliphatic heterocycles. The van der Waals surface area contributed by atoms with Crippen LogP contribution in [0.3, 0.4) is 0 Å². The van der Waals surface area contributed by atoms with Gasteiger partial charge in [0, 0.05) is 5.69 Å². The summed E-state index contributed by atoms with van der Waals surface area (Å²) in [5.74, 6) is -0.968. The first-order valence-corrected chi connectivity index (χ1v) is 9.06. The normalized spacial score (nSPS) is 11.8. The van der Waals surface area contributed by atoms with Crippen molar-refractivity contribution >= 4 is 28.3 Å². The number of fused-ring (bicyclic) bond motifs is 1. The SMILES string of the molecule is C[C@@H](OC(=O)c1ccc(-n2cncn2)cc1)C(=O)Nc1ccc2ccccc2c1. The van der Waals surface area contributed by atoms with Crippen LogP contribution in [0.1, 0.15) is 17.3 Å². The highest BCUT2D eigenvalue weighted by Gasteiger charge is 2.19. The monoisotopic (exact) mass is 386 g/mol. The summed E-state index contributed by atoms with van der Waals surface area (Å²) in [5.41, 5.74) is 1.76. The van der Waals surface area contributed by atoms with E-state index in [0.29, 0.717) is 11.3 Å². The summed E-state index contributed by atoms with van der Waals surface area (Å²) in [6, 6.07) is 20.2. The highest BCUT2D eigenvalue weighted by Crippen LogP contribution is 2.19. The van der Waals surface area contributed by atoms with Gasteiger partial charge in [0.1, 0.15) is 12.7 Å². The lowest BCUT2D eigenvalue weighted by Gasteiger charge is -2.14. The summed E-state index contributed by atoms with van der Waals surface area (Å²) in [6.07, 6.45) is 2.05. The first kappa shape index (κ1) is 18.4. The molecule has 0 fully saturated rings. The van der Waals surface area contributed by atoms with E-state index >= 15 is 0 Å². The highest BCUT2D eigenvalue weighted by molar-refractivity contribution is 5.99. The van der Waals surface area contributed by atoms with E-state index < -0.39 is 18.0 Å². The van der Waals surface area contributed by atoms with Crippen molar-refractivity contribution in [3.8, 4) is 5.69 Å². The fourth-order valence-electron chi connectivity index (χ4n) is 2.88. The summed E-state index contributed by atoms with van der Waals surface area (Å²) >= 11 is 0. The van der Waals surface area contributed by atoms with Crippen molar-refractivity contribution in [3.05, 3.63) is 84.9 Å². The van der Waals surface area contributed by atoms with Crippen LogP contribution in [0.2, 0.25) is 0 Å². The van der Waals surface area contributed by atoms with Gasteiger partial charge in [-0.05, 0) is 54.1 Å². The molecule has 1 heterocycles. The van der Waals surface area contributed by atoms with Gasteiger partial charge in [0.25, 0.3) is 5.91 Å². The number of esters is 1. The molecule has 1 atom stereocenters. The molecule has 3 aromatic carbocycles. The van der Waals surface area contributed by atoms with Gasteiger partial charge in [0.05, 0.1) is 11.3 Å². The van der Waals surface area contributed by atoms with Crippen molar-refractivity contribution in [1.29, 1.82) is 0 Å². The van der Waals surface area contributed by atoms with Gasteiger partial charge in [-0.15, -0.1) is 0 Å². The number of hydrogen-bond acceptors (Lipinski definition) is 5. The van der Waals surface area contributed by atoms with Crippen LogP contribution in [-0.4, -0.2) is 32.7 Å². The molecular formula is C22H18N4O3. The maximum Gasteiger partial charge on any atom is 0.338 e. The number of hydrogen-bond donors (Lipinski definition) is 1. The topological polar surface area (TPSA) is 86.1 Å². The number of carbonyl (C=O) groups excluding carboxylic acids is 2. The van der Waals surface area contributed by atoms with Crippen LogP contribution in [0.5, 0.6) is 0 Å². The molecule has 29 heavy (non-hydrogen) atoms. The number of benzene rings is 3. The fourth-order valence-corrected chi connectivity index (χ4v) is 2.88. The quantitative estimate of drug-likeness (QED) is 0.530. The second-order valence-electron chi connectivity index (χ2n) is 6.49. The van der Waals surface area contributed by atoms with E-state index in [1.807, 2.05) is 42.5 Å². The average molecular weight is 386 g/mol. The first-order chi connectivity index (χ1) is 14.1. The number of carbonyl (C=O) groups is 2. The molecule has 144 valence electrons. The van der Waals surface area contributed by atoms with E-state index in [2.05, 4.69) is 15.4 Å². The molecule has 1 amide bonds. The second kappa shape index (κ2) is 7.93. The summed E-state index contributed by atoms with van der Waals surface area (Å²) in [7, 11) is 0. The Bertz CT molecular complexity index is 1150. The molecule has 0 radical (unpaired) electrons. The van der Waals surface area contributed by atoms with Gasteiger partial charge in [0.2, 0.25) is 0 Å². The van der Waals surface area contributed by atoms with Gasteiger partial charge in [-0.3, -0.25) is 4.79 Å². The predicted molar refractivity (Wildman–Crippen MR) is 109 cm³/mol. The minimum absolute atomic E-state index is 0.347. The van der Waals surface area contributed by atoms with Crippen LogP contribution in [0.15, 0.2) is 79.4 Å². The Kier molecular flexibility index (Phi) is 5.03. The highest BCUT2D eigenvalue weighted by atomic mass is 16.5. The summed E-state index contributed by atoms with van der Waals surface area (Å²) < 4.78 is 6.88. The zero-order valence-corrected chi connectivity index (χ0v) is 15.6. The number of amides is 1.